The van der Waals surface area contributed by atoms with Gasteiger partial charge in [0.15, 0.2) is 109 Å². The topological polar surface area (TPSA) is 573 Å². The quantitative estimate of drug-likeness (QED) is 0.00569. The highest BCUT2D eigenvalue weighted by Crippen LogP contribution is 2.55. The molecule has 50 heteroatoms. The zero-order valence-corrected chi connectivity index (χ0v) is 80.7. The maximum Gasteiger partial charge on any atom is 0.509 e. The van der Waals surface area contributed by atoms with Crippen molar-refractivity contribution in [3.63, 3.8) is 0 Å². The summed E-state index contributed by atoms with van der Waals surface area (Å²) in [6.45, 7) is 18.1. The number of aromatic nitrogens is 6. The fraction of sp³-hybridized carbons (Fsp3) is 0.529. The molecule has 14 rings (SSSR count). The molecule has 5 fully saturated rings. The molecule has 730 valence electrons. The molecule has 0 bridgehead atoms. The molecule has 6 aromatic rings. The van der Waals surface area contributed by atoms with Crippen LogP contribution < -0.4 is 32.5 Å². The fourth-order valence-electron chi connectivity index (χ4n) is 14.1. The van der Waals surface area contributed by atoms with Crippen LogP contribution in [-0.2, 0) is 108 Å². The number of aliphatic hydroxyl groups is 3. The van der Waals surface area contributed by atoms with Gasteiger partial charge in [-0.2, -0.15) is 0 Å². The molecule has 3 aromatic heterocycles. The molecule has 135 heavy (non-hydrogen) atoms. The number of amidine groups is 3. The molecule has 6 unspecified atom stereocenters. The molecule has 15 atom stereocenters. The molecule has 0 saturated carbocycles. The first-order valence-corrected chi connectivity index (χ1v) is 49.8. The van der Waals surface area contributed by atoms with Crippen molar-refractivity contribution < 1.29 is 128 Å². The number of fused-ring (bicyclic) bond motifs is 5. The van der Waals surface area contributed by atoms with Gasteiger partial charge in [0.2, 0.25) is 0 Å². The Hall–Kier alpha value is -8.91. The fourth-order valence-corrected chi connectivity index (χ4v) is 21.0. The van der Waals surface area contributed by atoms with Crippen molar-refractivity contribution in [3.8, 4) is 12.8 Å². The second kappa shape index (κ2) is 47.2. The summed E-state index contributed by atoms with van der Waals surface area (Å²) in [5, 5.41) is 39.9. The van der Waals surface area contributed by atoms with E-state index in [2.05, 4.69) is 73.5 Å². The van der Waals surface area contributed by atoms with Crippen LogP contribution in [0.4, 0.5) is 27.0 Å². The third-order valence-electron chi connectivity index (χ3n) is 22.6. The Bertz CT molecular complexity index is 5240. The summed E-state index contributed by atoms with van der Waals surface area (Å²) in [7, 11) is -3.97. The molecular weight excluding hydrogens is 1870 g/mol. The largest absolute Gasteiger partial charge is 0.509 e. The number of rotatable bonds is 39. The molecule has 3 aromatic carbocycles. The third-order valence-corrected chi connectivity index (χ3v) is 30.8. The highest BCUT2D eigenvalue weighted by atomic mass is 32.2. The number of aliphatic hydroxyl groups excluding tert-OH is 2. The monoisotopic (exact) mass is 1990 g/mol. The SMILES string of the molecule is C.C#C.CC(C)(CO)C(=O)SCCOP(=O)(NCc1ccccc1)OC[C@H]1O[C@@H](n2cnc3c2N=C(N)CC3=O)C2(C)OC(=O)O[C@@H]12.CCC(C)(C)C(=O)SCCOP(=O)(NCc1ccccc1)OC[C@H]1O[C@@H](n2cnc3c2N=C(N)CC3=O)C(C)(O)[C@H]1O.CCC(C)(C)C(=O)SCCOP(=O)(NCc1ccccc1)OC[C@H]1O[C@@H](n2cnc3c2N=C(N)CC3=O)C2(C)OC(=O)O[C@@H]12.[B][B]. The van der Waals surface area contributed by atoms with Gasteiger partial charge < -0.3 is 65.7 Å². The number of hydrogen-bond acceptors (Lipinski definition) is 39. The van der Waals surface area contributed by atoms with Crippen LogP contribution >= 0.6 is 58.5 Å². The number of nitrogens with zero attached hydrogens (tertiary/aromatic N) is 9. The molecular formula is C85H114B2N15O27P3S3. The number of imidazole rings is 3. The molecule has 11 heterocycles. The number of hydrogen-bond donors (Lipinski definition) is 9. The Morgan fingerprint density at radius 3 is 1.10 bits per heavy atom. The van der Waals surface area contributed by atoms with Crippen LogP contribution in [-0.4, -0.2) is 239 Å². The number of carbonyl (C=O) groups is 8. The van der Waals surface area contributed by atoms with Gasteiger partial charge in [0.05, 0.1) is 89.9 Å². The molecule has 8 aliphatic rings. The molecule has 0 spiro atoms. The van der Waals surface area contributed by atoms with Crippen LogP contribution in [0.3, 0.4) is 0 Å². The predicted molar refractivity (Wildman–Crippen MR) is 503 cm³/mol. The molecule has 0 aliphatic carbocycles. The van der Waals surface area contributed by atoms with Gasteiger partial charge in [0.25, 0.3) is 0 Å². The minimum atomic E-state index is -4.02. The molecule has 4 radical (unpaired) electrons. The number of benzene rings is 3. The van der Waals surface area contributed by atoms with E-state index in [0.717, 1.165) is 52.0 Å². The number of thioether (sulfide) groups is 3. The van der Waals surface area contributed by atoms with Crippen LogP contribution in [0.25, 0.3) is 0 Å². The van der Waals surface area contributed by atoms with Gasteiger partial charge in [-0.3, -0.25) is 69.6 Å². The van der Waals surface area contributed by atoms with Crippen LogP contribution in [0.1, 0.15) is 183 Å². The smallest absolute Gasteiger partial charge is 0.424 e. The lowest BCUT2D eigenvalue weighted by atomic mass is 9.81. The predicted octanol–water partition coefficient (Wildman–Crippen LogP) is 10.4. The van der Waals surface area contributed by atoms with Gasteiger partial charge in [-0.05, 0) is 64.2 Å². The van der Waals surface area contributed by atoms with Crippen molar-refractivity contribution in [1.82, 2.24) is 43.9 Å². The van der Waals surface area contributed by atoms with Crippen molar-refractivity contribution in [1.29, 1.82) is 0 Å². The van der Waals surface area contributed by atoms with Crippen molar-refractivity contribution in [2.24, 2.45) is 48.4 Å². The van der Waals surface area contributed by atoms with Crippen molar-refractivity contribution in [3.05, 3.63) is 144 Å². The number of carbonyl (C=O) groups excluding carboxylic acids is 8. The number of terminal acetylenes is 1. The number of ketones is 3. The summed E-state index contributed by atoms with van der Waals surface area (Å²) in [6.07, 6.45) is 1.55. The Morgan fingerprint density at radius 2 is 0.793 bits per heavy atom. The zero-order valence-electron chi connectivity index (χ0n) is 75.6. The molecule has 12 N–H and O–H groups in total. The Balaban J connectivity index is 0.000000222. The normalized spacial score (nSPS) is 24.9. The van der Waals surface area contributed by atoms with Gasteiger partial charge >= 0.3 is 35.6 Å². The third kappa shape index (κ3) is 26.6. The van der Waals surface area contributed by atoms with E-state index < -0.39 is 131 Å². The lowest BCUT2D eigenvalue weighted by Gasteiger charge is -2.28. The lowest BCUT2D eigenvalue weighted by molar-refractivity contribution is -0.120. The Kier molecular flexibility index (Phi) is 38.3. The Morgan fingerprint density at radius 1 is 0.504 bits per heavy atom. The van der Waals surface area contributed by atoms with Crippen LogP contribution in [0.2, 0.25) is 0 Å². The minimum absolute atomic E-state index is 0. The van der Waals surface area contributed by atoms with Gasteiger partial charge in [0, 0.05) is 63.2 Å². The van der Waals surface area contributed by atoms with E-state index >= 15 is 0 Å². The molecule has 0 amide bonds. The van der Waals surface area contributed by atoms with E-state index in [4.69, 9.17) is 77.5 Å². The van der Waals surface area contributed by atoms with E-state index in [-0.39, 0.29) is 188 Å². The number of nitrogens with one attached hydrogen (secondary N) is 3. The average Bonchev–Trinajstić information content (AvgIpc) is 1.57. The zero-order chi connectivity index (χ0) is 98.1. The van der Waals surface area contributed by atoms with Gasteiger partial charge in [-0.25, -0.2) is 68.5 Å². The number of Topliss-reactive ketones (excluding diaryl/α,β-unsaturated/α-hetero) is 3. The first-order valence-electron chi connectivity index (χ1n) is 42.3. The summed E-state index contributed by atoms with van der Waals surface area (Å²) >= 11 is 3.16. The van der Waals surface area contributed by atoms with E-state index in [1.54, 1.807) is 27.7 Å². The van der Waals surface area contributed by atoms with Gasteiger partial charge in [-0.1, -0.05) is 175 Å². The Labute approximate surface area is 797 Å². The summed E-state index contributed by atoms with van der Waals surface area (Å²) < 4.78 is 121. The molecule has 5 saturated heterocycles. The summed E-state index contributed by atoms with van der Waals surface area (Å²) in [4.78, 5) is 124. The highest BCUT2D eigenvalue weighted by Gasteiger charge is 2.67. The van der Waals surface area contributed by atoms with E-state index in [1.165, 1.54) is 39.6 Å². The maximum absolute atomic E-state index is 13.9. The standard InChI is InChI=1S/C28H36N5O9PS.C27H34N5O10PS.C27H38N5O8PS.C2H2.CH4.B2/c1-5-27(2,3)25(35)44-12-11-38-43(37,31-14-17-9-7-6-8-10-17)39-15-19-22-28(4,42-26(36)41-22)24(40-19)33-16-30-21-18(34)13-20(29)32-23(21)33;1-26(2,14-33)24(35)44-10-9-38-43(37,30-12-16-7-5-4-6-8-16)39-13-18-21-27(3,42-25(36)41-21)23(40-18)32-15-29-20-17(34)11-19(28)31-22(20)32;1-5-26(2,3)25(35)42-12-11-38-41(37,30-14-17-9-7-6-8-10-17)39-15-19-22(34)27(4,36)24(40-19)32-16-29-21-18(33)13-20(28)31-23(21)32;1-2;;1-2/h6-10,16,19,22,24H,5,11-15H2,1-4H3,(H2,29,32)(H,31,37);4-8,15,18,21,23,33H,9-14H2,1-3H3,(H2,28,31)(H,30,37);6-10,16,19,22,24,34,36H,5,11-15H2,1-4H3,(H2,28,31)(H,30,37);1-2H;1H4;/t19-,22+,24-,28?,43?;18-,21+,23-,27?,43?;19-,22+,24-,27?,41?;;;/m111.../s1. The molecule has 42 nitrogen and oxygen atoms in total. The van der Waals surface area contributed by atoms with E-state index in [9.17, 15) is 67.4 Å². The van der Waals surface area contributed by atoms with Gasteiger partial charge in [0.1, 0.15) is 47.5 Å². The van der Waals surface area contributed by atoms with Crippen molar-refractivity contribution in [2.75, 3.05) is 63.5 Å². The first kappa shape index (κ1) is 110. The summed E-state index contributed by atoms with van der Waals surface area (Å²) in [5.74, 6) is 0.497. The van der Waals surface area contributed by atoms with Crippen molar-refractivity contribution >= 4 is 154 Å². The number of ether oxygens (including phenoxy) is 7. The number of aliphatic imine (C=N–C) groups is 3. The first-order chi connectivity index (χ1) is 63.5. The minimum Gasteiger partial charge on any atom is -0.424 e. The summed E-state index contributed by atoms with van der Waals surface area (Å²) in [5.41, 5.74) is 13.8. The summed E-state index contributed by atoms with van der Waals surface area (Å²) in [6, 6.07) is 27.7. The van der Waals surface area contributed by atoms with E-state index in [0.29, 0.717) is 12.8 Å². The van der Waals surface area contributed by atoms with E-state index in [1.807, 2.05) is 133 Å². The van der Waals surface area contributed by atoms with Gasteiger partial charge in [-0.15, -0.1) is 12.8 Å². The average molecular weight is 1990 g/mol. The van der Waals surface area contributed by atoms with Crippen LogP contribution in [0, 0.1) is 29.1 Å². The highest BCUT2D eigenvalue weighted by molar-refractivity contribution is 8.14. The number of nitrogens with two attached hydrogens (primary N) is 3. The second-order valence-electron chi connectivity index (χ2n) is 33.7. The maximum atomic E-state index is 13.9. The molecule has 8 aliphatic heterocycles. The second-order valence-corrected chi connectivity index (χ2v) is 42.4. The van der Waals surface area contributed by atoms with Crippen LogP contribution in [0.15, 0.2) is 125 Å². The van der Waals surface area contributed by atoms with Crippen LogP contribution in [0.5, 0.6) is 0 Å². The lowest BCUT2D eigenvalue weighted by Crippen LogP contribution is -2.44. The van der Waals surface area contributed by atoms with Crippen molar-refractivity contribution in [2.45, 2.75) is 207 Å².